The van der Waals surface area contributed by atoms with Crippen molar-refractivity contribution in [3.63, 3.8) is 0 Å². The Morgan fingerprint density at radius 1 is 0.250 bits per heavy atom. The predicted molar refractivity (Wildman–Crippen MR) is 361 cm³/mol. The molecule has 0 unspecified atom stereocenters. The first-order chi connectivity index (χ1) is 40.7. The van der Waals surface area contributed by atoms with Gasteiger partial charge in [0.15, 0.2) is 16.1 Å². The summed E-state index contributed by atoms with van der Waals surface area (Å²) in [6.45, 7) is 0. The van der Waals surface area contributed by atoms with Crippen molar-refractivity contribution in [3.8, 4) is 34.1 Å². The molecular formula is C78H60Au2P2Si2+2. The minimum atomic E-state index is -2.40. The van der Waals surface area contributed by atoms with Gasteiger partial charge in [-0.1, -0.05) is 288 Å². The molecule has 0 amide bonds. The van der Waals surface area contributed by atoms with Crippen molar-refractivity contribution < 1.29 is 44.8 Å². The molecule has 0 saturated heterocycles. The molecule has 2 aliphatic rings. The molecule has 12 aromatic rings. The van der Waals surface area contributed by atoms with Gasteiger partial charge in [-0.25, -0.2) is 0 Å². The van der Waals surface area contributed by atoms with Crippen LogP contribution in [-0.2, 0) is 44.8 Å². The summed E-state index contributed by atoms with van der Waals surface area (Å²) >= 11 is 0. The van der Waals surface area contributed by atoms with Gasteiger partial charge in [-0.2, -0.15) is 0 Å². The second kappa shape index (κ2) is 27.9. The molecule has 0 aromatic heterocycles. The summed E-state index contributed by atoms with van der Waals surface area (Å²) in [6, 6.07) is 118. The molecule has 2 aliphatic heterocycles. The normalized spacial score (nSPS) is 12.3. The first-order valence-corrected chi connectivity index (χ1v) is 35.5. The van der Waals surface area contributed by atoms with Gasteiger partial charge in [-0.15, -0.1) is 23.3 Å². The fourth-order valence-electron chi connectivity index (χ4n) is 12.9. The Morgan fingerprint density at radius 3 is 0.738 bits per heavy atom. The van der Waals surface area contributed by atoms with Gasteiger partial charge in [-0.3, -0.25) is 11.8 Å². The summed E-state index contributed by atoms with van der Waals surface area (Å²) in [7, 11) is -6.36. The van der Waals surface area contributed by atoms with Crippen LogP contribution in [0.3, 0.4) is 0 Å². The molecule has 84 heavy (non-hydrogen) atoms. The molecule has 0 atom stereocenters. The zero-order valence-corrected chi connectivity index (χ0v) is 54.5. The van der Waals surface area contributed by atoms with Gasteiger partial charge >= 0.3 is 44.8 Å². The van der Waals surface area contributed by atoms with Crippen molar-refractivity contribution in [2.45, 2.75) is 0 Å². The van der Waals surface area contributed by atoms with E-state index in [1.807, 2.05) is 12.1 Å². The molecule has 0 N–H and O–H groups in total. The number of hydrogen-bond donors (Lipinski definition) is 0. The fraction of sp³-hybridized carbons (Fsp3) is 0.0256. The Hall–Kier alpha value is -7.47. The van der Waals surface area contributed by atoms with E-state index in [0.29, 0.717) is 0 Å². The third-order valence-electron chi connectivity index (χ3n) is 16.3. The smallest absolute Gasteiger partial charge is 0.366 e. The van der Waals surface area contributed by atoms with Gasteiger partial charge in [0.1, 0.15) is 12.3 Å². The summed E-state index contributed by atoms with van der Waals surface area (Å²) in [5, 5.41) is 17.1. The van der Waals surface area contributed by atoms with Gasteiger partial charge in [-0.05, 0) is 90.8 Å². The molecule has 0 fully saturated rings. The van der Waals surface area contributed by atoms with E-state index >= 15 is 0 Å². The van der Waals surface area contributed by atoms with Crippen molar-refractivity contribution in [1.82, 2.24) is 0 Å². The third kappa shape index (κ3) is 11.5. The molecule has 12 aromatic carbocycles. The van der Waals surface area contributed by atoms with Crippen LogP contribution in [-0.4, -0.2) is 28.5 Å². The Balaban J connectivity index is 0.000000139. The van der Waals surface area contributed by atoms with E-state index in [4.69, 9.17) is 12.8 Å². The van der Waals surface area contributed by atoms with Crippen LogP contribution in [0.2, 0.25) is 0 Å². The van der Waals surface area contributed by atoms with Gasteiger partial charge in [0, 0.05) is 0 Å². The zero-order chi connectivity index (χ0) is 55.6. The van der Waals surface area contributed by atoms with Crippen LogP contribution in [0.4, 0.5) is 0 Å². The van der Waals surface area contributed by atoms with Gasteiger partial charge in [0.25, 0.3) is 0 Å². The Labute approximate surface area is 532 Å². The summed E-state index contributed by atoms with van der Waals surface area (Å²) < 4.78 is 0. The van der Waals surface area contributed by atoms with Crippen LogP contribution in [0.15, 0.2) is 328 Å². The van der Waals surface area contributed by atoms with Crippen LogP contribution in [0, 0.1) is 24.7 Å². The van der Waals surface area contributed by atoms with E-state index in [-0.39, 0.29) is 44.8 Å². The van der Waals surface area contributed by atoms with Crippen molar-refractivity contribution in [2.75, 3.05) is 12.3 Å². The minimum Gasteiger partial charge on any atom is -0.366 e. The van der Waals surface area contributed by atoms with Crippen LogP contribution in [0.5, 0.6) is 0 Å². The van der Waals surface area contributed by atoms with Crippen molar-refractivity contribution in [1.29, 1.82) is 0 Å². The van der Waals surface area contributed by atoms with E-state index < -0.39 is 32.0 Å². The molecule has 0 spiro atoms. The van der Waals surface area contributed by atoms with Crippen LogP contribution < -0.4 is 62.7 Å². The maximum absolute atomic E-state index is 7.86. The maximum atomic E-state index is 7.86. The Morgan fingerprint density at radius 2 is 0.476 bits per heavy atom. The van der Waals surface area contributed by atoms with Crippen molar-refractivity contribution in [2.24, 2.45) is 0 Å². The third-order valence-corrected chi connectivity index (χ3v) is 32.2. The van der Waals surface area contributed by atoms with Crippen molar-refractivity contribution >= 4 is 94.7 Å². The zero-order valence-electron chi connectivity index (χ0n) is 46.2. The molecule has 14 rings (SSSR count). The monoisotopic (exact) mass is 1510 g/mol. The standard InChI is InChI=1S/C26H24P2.2C26H17Si.2Au/c1-5-13-23(14-6-1)27(24-15-7-2-8-16-24)21-22-28(25-17-9-3-10-18-25)26-19-11-4-12-20-26;2*1-2-20-12-11-19-25-26(20)23-17-9-10-18-24(23)27(25,21-13-5-3-6-14-21)22-15-7-4-8-16-22;;/h1-20H,21-22H2;2*3-19H;;/q;2*-1;2*+1/p+2. The molecule has 2 heterocycles. The number of hydrogen-bond acceptors (Lipinski definition) is 0. The largest absolute Gasteiger partial charge is 1.00 e. The van der Waals surface area contributed by atoms with E-state index in [2.05, 4.69) is 327 Å². The molecule has 6 heteroatoms. The van der Waals surface area contributed by atoms with E-state index in [9.17, 15) is 0 Å². The Bertz CT molecular complexity index is 3740. The van der Waals surface area contributed by atoms with Crippen LogP contribution >= 0.6 is 15.8 Å². The van der Waals surface area contributed by atoms with E-state index in [1.54, 1.807) is 0 Å². The second-order valence-corrected chi connectivity index (χ2v) is 33.4. The number of benzene rings is 12. The van der Waals surface area contributed by atoms with E-state index in [1.165, 1.54) is 97.3 Å². The van der Waals surface area contributed by atoms with Crippen molar-refractivity contribution in [3.05, 3.63) is 352 Å². The number of rotatable bonds is 11. The van der Waals surface area contributed by atoms with Gasteiger partial charge < -0.3 is 12.8 Å². The summed E-state index contributed by atoms with van der Waals surface area (Å²) in [4.78, 5) is 0. The average molecular weight is 1510 g/mol. The molecule has 0 radical (unpaired) electrons. The topological polar surface area (TPSA) is 0 Å². The molecular weight excluding hydrogens is 1450 g/mol. The molecule has 0 saturated carbocycles. The molecule has 410 valence electrons. The SMILES string of the molecule is [Au+].[Au+].[C-]#Cc1cccc2c1-c1ccccc1[Si]2(c1ccccc1)c1ccccc1.[C-]#Cc1cccc2c1-c1ccccc1[Si]2(c1ccccc1)c1ccccc1.c1ccc([PH+](CC[PH+](c2ccccc2)c2ccccc2)c2ccccc2)cc1. The molecule has 0 bridgehead atoms. The number of fused-ring (bicyclic) bond motifs is 6. The molecule has 0 nitrogen and oxygen atoms in total. The predicted octanol–water partition coefficient (Wildman–Crippen LogP) is 10.7. The maximum Gasteiger partial charge on any atom is 1.00 e. The average Bonchev–Trinajstić information content (AvgIpc) is 2.78. The fourth-order valence-corrected chi connectivity index (χ4v) is 29.5. The van der Waals surface area contributed by atoms with Crippen LogP contribution in [0.25, 0.3) is 22.3 Å². The Kier molecular flexibility index (Phi) is 19.9. The molecule has 0 aliphatic carbocycles. The summed E-state index contributed by atoms with van der Waals surface area (Å²) in [6.07, 6.45) is 18.2. The minimum absolute atomic E-state index is 0. The van der Waals surface area contributed by atoms with Gasteiger partial charge in [0.2, 0.25) is 0 Å². The van der Waals surface area contributed by atoms with Crippen LogP contribution in [0.1, 0.15) is 11.1 Å². The first-order valence-electron chi connectivity index (χ1n) is 28.1. The second-order valence-electron chi connectivity index (χ2n) is 20.7. The quantitative estimate of drug-likeness (QED) is 0.0524. The van der Waals surface area contributed by atoms with E-state index in [0.717, 1.165) is 11.1 Å². The summed E-state index contributed by atoms with van der Waals surface area (Å²) in [5.41, 5.74) is 6.62. The van der Waals surface area contributed by atoms with Gasteiger partial charge in [0.05, 0.1) is 37.1 Å². The summed E-state index contributed by atoms with van der Waals surface area (Å²) in [5.74, 6) is 5.36. The first kappa shape index (κ1) is 59.7.